The zero-order valence-corrected chi connectivity index (χ0v) is 20.2. The summed E-state index contributed by atoms with van der Waals surface area (Å²) in [5.74, 6) is -0.480. The van der Waals surface area contributed by atoms with Gasteiger partial charge in [0.1, 0.15) is 12.8 Å². The molecule has 0 aromatic rings. The maximum absolute atomic E-state index is 13.5. The molecule has 32 heavy (non-hydrogen) atoms. The van der Waals surface area contributed by atoms with Crippen molar-refractivity contribution in [1.29, 1.82) is 0 Å². The van der Waals surface area contributed by atoms with E-state index in [2.05, 4.69) is 10.6 Å². The average Bonchev–Trinajstić information content (AvgIpc) is 2.78. The minimum Gasteiger partial charge on any atom is -0.377 e. The molecule has 2 amide bonds. The van der Waals surface area contributed by atoms with Gasteiger partial charge in [0, 0.05) is 12.5 Å². The zero-order valence-electron chi connectivity index (χ0n) is 20.2. The Kier molecular flexibility index (Phi) is 20.6. The molecule has 9 nitrogen and oxygen atoms in total. The third-order valence-electron chi connectivity index (χ3n) is 4.37. The number of hydrogen-bond acceptors (Lipinski definition) is 7. The highest BCUT2D eigenvalue weighted by Crippen LogP contribution is 2.01. The molecule has 0 radical (unpaired) electrons. The maximum Gasteiger partial charge on any atom is 0.246 e. The van der Waals surface area contributed by atoms with Crippen LogP contribution in [0.3, 0.4) is 0 Å². The largest absolute Gasteiger partial charge is 0.377 e. The van der Waals surface area contributed by atoms with Gasteiger partial charge in [0.25, 0.3) is 0 Å². The predicted molar refractivity (Wildman–Crippen MR) is 119 cm³/mol. The van der Waals surface area contributed by atoms with Crippen molar-refractivity contribution in [1.82, 2.24) is 10.6 Å². The van der Waals surface area contributed by atoms with Crippen molar-refractivity contribution in [2.75, 3.05) is 72.6 Å². The number of ether oxygens (including phenoxy) is 5. The first kappa shape index (κ1) is 30.7. The Balaban J connectivity index is 3.31. The summed E-state index contributed by atoms with van der Waals surface area (Å²) in [6.45, 7) is 10.6. The van der Waals surface area contributed by atoms with Crippen LogP contribution in [0, 0.1) is 5.92 Å². The van der Waals surface area contributed by atoms with Gasteiger partial charge in [-0.1, -0.05) is 27.7 Å². The van der Waals surface area contributed by atoms with E-state index < -0.39 is 6.17 Å². The average molecular weight is 467 g/mol. The second kappa shape index (κ2) is 21.5. The highest BCUT2D eigenvalue weighted by molar-refractivity contribution is 5.77. The Labute approximate surface area is 192 Å². The zero-order chi connectivity index (χ0) is 24.0. The topological polar surface area (TPSA) is 104 Å². The first-order chi connectivity index (χ1) is 15.4. The summed E-state index contributed by atoms with van der Waals surface area (Å²) in [5, 5.41) is 5.26. The maximum atomic E-state index is 13.5. The molecule has 190 valence electrons. The normalized spacial score (nSPS) is 12.3. The number of alkyl halides is 1. The number of rotatable bonds is 22. The SMILES string of the molecule is CCC(CC)OCC(=O)NCCOCCOCCOCCOCC(F)CNC(=O)C(C)C. The van der Waals surface area contributed by atoms with E-state index in [0.717, 1.165) is 12.8 Å². The molecule has 0 saturated heterocycles. The van der Waals surface area contributed by atoms with Gasteiger partial charge in [-0.15, -0.1) is 0 Å². The highest BCUT2D eigenvalue weighted by atomic mass is 19.1. The van der Waals surface area contributed by atoms with Crippen LogP contribution < -0.4 is 10.6 Å². The van der Waals surface area contributed by atoms with Crippen molar-refractivity contribution < 1.29 is 37.7 Å². The van der Waals surface area contributed by atoms with Gasteiger partial charge in [-0.2, -0.15) is 0 Å². The van der Waals surface area contributed by atoms with Crippen molar-refractivity contribution in [3.63, 3.8) is 0 Å². The lowest BCUT2D eigenvalue weighted by Gasteiger charge is -2.13. The van der Waals surface area contributed by atoms with Gasteiger partial charge in [0.2, 0.25) is 11.8 Å². The Morgan fingerprint density at radius 2 is 1.34 bits per heavy atom. The Bertz CT molecular complexity index is 466. The molecular weight excluding hydrogens is 423 g/mol. The fourth-order valence-corrected chi connectivity index (χ4v) is 2.38. The monoisotopic (exact) mass is 466 g/mol. The van der Waals surface area contributed by atoms with Crippen molar-refractivity contribution in [3.05, 3.63) is 0 Å². The van der Waals surface area contributed by atoms with E-state index in [4.69, 9.17) is 23.7 Å². The van der Waals surface area contributed by atoms with Gasteiger partial charge in [0.15, 0.2) is 0 Å². The second-order valence-corrected chi connectivity index (χ2v) is 7.51. The second-order valence-electron chi connectivity index (χ2n) is 7.51. The smallest absolute Gasteiger partial charge is 0.246 e. The van der Waals surface area contributed by atoms with Crippen LogP contribution in [0.2, 0.25) is 0 Å². The molecule has 0 saturated carbocycles. The molecule has 1 atom stereocenters. The number of hydrogen-bond donors (Lipinski definition) is 2. The van der Waals surface area contributed by atoms with Crippen LogP contribution in [0.4, 0.5) is 4.39 Å². The molecule has 0 spiro atoms. The van der Waals surface area contributed by atoms with Gasteiger partial charge < -0.3 is 34.3 Å². The van der Waals surface area contributed by atoms with Crippen LogP contribution in [0.25, 0.3) is 0 Å². The third-order valence-corrected chi connectivity index (χ3v) is 4.37. The van der Waals surface area contributed by atoms with Crippen LogP contribution in [-0.4, -0.2) is 96.6 Å². The van der Waals surface area contributed by atoms with Gasteiger partial charge in [0.05, 0.1) is 65.5 Å². The molecule has 0 aromatic carbocycles. The van der Waals surface area contributed by atoms with Crippen molar-refractivity contribution in [2.24, 2.45) is 5.92 Å². The summed E-state index contributed by atoms with van der Waals surface area (Å²) in [6.07, 6.45) is 0.679. The number of amides is 2. The van der Waals surface area contributed by atoms with Gasteiger partial charge in [-0.25, -0.2) is 4.39 Å². The summed E-state index contributed by atoms with van der Waals surface area (Å²) >= 11 is 0. The number of nitrogens with one attached hydrogen (secondary N) is 2. The van der Waals surface area contributed by atoms with Gasteiger partial charge >= 0.3 is 0 Å². The Morgan fingerprint density at radius 3 is 1.88 bits per heavy atom. The van der Waals surface area contributed by atoms with E-state index >= 15 is 0 Å². The van der Waals surface area contributed by atoms with Crippen LogP contribution in [0.15, 0.2) is 0 Å². The Hall–Kier alpha value is -1.33. The number of carbonyl (C=O) groups excluding carboxylic acids is 2. The van der Waals surface area contributed by atoms with Crippen molar-refractivity contribution in [3.8, 4) is 0 Å². The first-order valence-corrected chi connectivity index (χ1v) is 11.5. The minimum atomic E-state index is -1.24. The molecule has 0 rings (SSSR count). The summed E-state index contributed by atoms with van der Waals surface area (Å²) in [4.78, 5) is 23.0. The highest BCUT2D eigenvalue weighted by Gasteiger charge is 2.11. The van der Waals surface area contributed by atoms with Crippen LogP contribution >= 0.6 is 0 Å². The molecule has 0 aliphatic heterocycles. The molecule has 10 heteroatoms. The molecule has 0 heterocycles. The molecule has 0 aliphatic rings. The molecular formula is C22H43FN2O7. The Morgan fingerprint density at radius 1 is 0.812 bits per heavy atom. The standard InChI is InChI=1S/C22H43FN2O7/c1-5-20(6-2)32-17-21(26)24-7-8-28-9-10-29-11-12-30-13-14-31-16-19(23)15-25-22(27)18(3)4/h18-20H,5-17H2,1-4H3,(H,24,26)(H,25,27). The fourth-order valence-electron chi connectivity index (χ4n) is 2.38. The van der Waals surface area contributed by atoms with Crippen LogP contribution in [0.5, 0.6) is 0 Å². The lowest BCUT2D eigenvalue weighted by atomic mass is 10.2. The van der Waals surface area contributed by atoms with Gasteiger partial charge in [-0.3, -0.25) is 9.59 Å². The summed E-state index contributed by atoms with van der Waals surface area (Å²) in [5.41, 5.74) is 0. The summed E-state index contributed by atoms with van der Waals surface area (Å²) in [7, 11) is 0. The van der Waals surface area contributed by atoms with E-state index in [9.17, 15) is 14.0 Å². The molecule has 0 bridgehead atoms. The van der Waals surface area contributed by atoms with Gasteiger partial charge in [-0.05, 0) is 12.8 Å². The lowest BCUT2D eigenvalue weighted by Crippen LogP contribution is -2.35. The van der Waals surface area contributed by atoms with E-state index in [-0.39, 0.29) is 50.2 Å². The van der Waals surface area contributed by atoms with Crippen LogP contribution in [-0.2, 0) is 33.3 Å². The first-order valence-electron chi connectivity index (χ1n) is 11.5. The number of halogens is 1. The number of carbonyl (C=O) groups is 2. The third kappa shape index (κ3) is 19.4. The van der Waals surface area contributed by atoms with Crippen molar-refractivity contribution >= 4 is 11.8 Å². The molecule has 1 unspecified atom stereocenters. The van der Waals surface area contributed by atoms with E-state index in [0.29, 0.717) is 46.2 Å². The predicted octanol–water partition coefficient (Wildman–Crippen LogP) is 1.48. The molecule has 0 aliphatic carbocycles. The quantitative estimate of drug-likeness (QED) is 0.233. The summed E-state index contributed by atoms with van der Waals surface area (Å²) in [6, 6.07) is 0. The minimum absolute atomic E-state index is 0.0487. The van der Waals surface area contributed by atoms with Crippen LogP contribution in [0.1, 0.15) is 40.5 Å². The van der Waals surface area contributed by atoms with Crippen molar-refractivity contribution in [2.45, 2.75) is 52.8 Å². The van der Waals surface area contributed by atoms with E-state index in [1.54, 1.807) is 13.8 Å². The lowest BCUT2D eigenvalue weighted by molar-refractivity contribution is -0.128. The molecule has 0 aromatic heterocycles. The molecule has 2 N–H and O–H groups in total. The van der Waals surface area contributed by atoms with E-state index in [1.165, 1.54) is 0 Å². The fraction of sp³-hybridized carbons (Fsp3) is 0.909. The molecule has 0 fully saturated rings. The van der Waals surface area contributed by atoms with E-state index in [1.807, 2.05) is 13.8 Å². The summed E-state index contributed by atoms with van der Waals surface area (Å²) < 4.78 is 40.3.